The van der Waals surface area contributed by atoms with Crippen molar-refractivity contribution in [3.05, 3.63) is 46.5 Å². The van der Waals surface area contributed by atoms with E-state index < -0.39 is 6.03 Å². The Balaban J connectivity index is 1.38. The first-order valence-corrected chi connectivity index (χ1v) is 13.8. The minimum Gasteiger partial charge on any atom is -0.314 e. The van der Waals surface area contributed by atoms with Crippen molar-refractivity contribution in [3.63, 3.8) is 0 Å². The molecule has 5 rings (SSSR count). The average Bonchev–Trinajstić information content (AvgIpc) is 3.46. The van der Waals surface area contributed by atoms with Gasteiger partial charge in [0.15, 0.2) is 0 Å². The predicted octanol–water partition coefficient (Wildman–Crippen LogP) is 4.61. The summed E-state index contributed by atoms with van der Waals surface area (Å²) >= 11 is 0. The highest BCUT2D eigenvalue weighted by molar-refractivity contribution is 6.01. The zero-order valence-corrected chi connectivity index (χ0v) is 22.5. The molecule has 0 bridgehead atoms. The number of urea groups is 1. The maximum Gasteiger partial charge on any atom is 0.324 e. The van der Waals surface area contributed by atoms with Crippen LogP contribution in [-0.2, 0) is 16.0 Å². The van der Waals surface area contributed by atoms with Gasteiger partial charge in [0.05, 0.1) is 0 Å². The Morgan fingerprint density at radius 2 is 1.89 bits per heavy atom. The van der Waals surface area contributed by atoms with Crippen molar-refractivity contribution in [1.29, 1.82) is 0 Å². The number of hydrogen-bond acceptors (Lipinski definition) is 5. The Labute approximate surface area is 219 Å². The minimum atomic E-state index is -0.398. The van der Waals surface area contributed by atoms with Gasteiger partial charge in [0.2, 0.25) is 5.91 Å². The van der Waals surface area contributed by atoms with Gasteiger partial charge in [-0.2, -0.15) is 0 Å². The van der Waals surface area contributed by atoms with Crippen LogP contribution in [0, 0.1) is 25.7 Å². The van der Waals surface area contributed by atoms with Crippen molar-refractivity contribution in [2.24, 2.45) is 11.8 Å². The van der Waals surface area contributed by atoms with Gasteiger partial charge in [0.1, 0.15) is 24.0 Å². The maximum absolute atomic E-state index is 13.4. The fraction of sp³-hybridized carbons (Fsp3) is 0.621. The van der Waals surface area contributed by atoms with E-state index in [1.165, 1.54) is 16.9 Å². The highest BCUT2D eigenvalue weighted by Gasteiger charge is 2.40. The summed E-state index contributed by atoms with van der Waals surface area (Å²) in [6.45, 7) is 8.93. The molecule has 2 heterocycles. The third-order valence-electron chi connectivity index (χ3n) is 8.10. The molecule has 0 radical (unpaired) electrons. The number of Topliss-reactive ketones (excluding diaryl/α,β-unsaturated/α-hetero) is 1. The second-order valence-corrected chi connectivity index (χ2v) is 12.0. The van der Waals surface area contributed by atoms with E-state index in [-0.39, 0.29) is 37.1 Å². The Hall–Kier alpha value is -3.03. The summed E-state index contributed by atoms with van der Waals surface area (Å²) in [4.78, 5) is 39.1. The van der Waals surface area contributed by atoms with E-state index in [0.717, 1.165) is 54.4 Å². The van der Waals surface area contributed by atoms with E-state index in [4.69, 9.17) is 0 Å². The predicted molar refractivity (Wildman–Crippen MR) is 140 cm³/mol. The number of aromatic nitrogens is 3. The summed E-state index contributed by atoms with van der Waals surface area (Å²) in [7, 11) is 0. The molecule has 3 aliphatic rings. The van der Waals surface area contributed by atoms with E-state index in [1.807, 2.05) is 26.0 Å². The lowest BCUT2D eigenvalue weighted by Crippen LogP contribution is -2.34. The lowest BCUT2D eigenvalue weighted by Gasteiger charge is -2.36. The molecule has 3 fully saturated rings. The summed E-state index contributed by atoms with van der Waals surface area (Å²) in [6.07, 6.45) is 6.31. The highest BCUT2D eigenvalue weighted by Crippen LogP contribution is 2.47. The van der Waals surface area contributed by atoms with Crippen molar-refractivity contribution in [2.45, 2.75) is 90.5 Å². The molecule has 198 valence electrons. The van der Waals surface area contributed by atoms with Gasteiger partial charge in [0.25, 0.3) is 0 Å². The Kier molecular flexibility index (Phi) is 7.19. The van der Waals surface area contributed by atoms with Gasteiger partial charge in [0, 0.05) is 37.3 Å². The number of imide groups is 1. The molecule has 1 aromatic carbocycles. The lowest BCUT2D eigenvalue weighted by atomic mass is 9.71. The molecule has 8 nitrogen and oxygen atoms in total. The molecule has 0 unspecified atom stereocenters. The largest absolute Gasteiger partial charge is 0.324 e. The second-order valence-electron chi connectivity index (χ2n) is 12.0. The summed E-state index contributed by atoms with van der Waals surface area (Å²) in [6, 6.07) is 6.13. The molecule has 1 aliphatic heterocycles. The third-order valence-corrected chi connectivity index (χ3v) is 8.10. The second kappa shape index (κ2) is 10.4. The summed E-state index contributed by atoms with van der Waals surface area (Å²) in [5.74, 6) is 3.20. The van der Waals surface area contributed by atoms with Crippen LogP contribution in [0.2, 0.25) is 0 Å². The molecule has 1 N–H and O–H groups in total. The molecule has 8 heteroatoms. The highest BCUT2D eigenvalue weighted by atomic mass is 16.2. The number of rotatable bonds is 11. The lowest BCUT2D eigenvalue weighted by molar-refractivity contribution is -0.119. The van der Waals surface area contributed by atoms with E-state index in [2.05, 4.69) is 40.0 Å². The van der Waals surface area contributed by atoms with Crippen LogP contribution in [0.5, 0.6) is 0 Å². The summed E-state index contributed by atoms with van der Waals surface area (Å²) in [5, 5.41) is 11.7. The van der Waals surface area contributed by atoms with Crippen LogP contribution in [0.3, 0.4) is 0 Å². The SMILES string of the molecule is Cc1ccc(CC(=O)C[C@H](CN2CC(=O)NC2=O)c2nnc(C3CC(CC(C)C)C3)n2C2CC2)c(C)c1. The molecule has 1 saturated heterocycles. The molecule has 37 heavy (non-hydrogen) atoms. The summed E-state index contributed by atoms with van der Waals surface area (Å²) < 4.78 is 2.29. The number of aryl methyl sites for hydroxylation is 2. The van der Waals surface area contributed by atoms with Gasteiger partial charge in [-0.25, -0.2) is 4.79 Å². The van der Waals surface area contributed by atoms with Gasteiger partial charge in [-0.05, 0) is 68.9 Å². The zero-order chi connectivity index (χ0) is 26.3. The minimum absolute atomic E-state index is 0.0184. The van der Waals surface area contributed by atoms with E-state index in [0.29, 0.717) is 24.3 Å². The van der Waals surface area contributed by atoms with Crippen LogP contribution < -0.4 is 5.32 Å². The summed E-state index contributed by atoms with van der Waals surface area (Å²) in [5.41, 5.74) is 3.31. The number of benzene rings is 1. The molecule has 3 amide bonds. The van der Waals surface area contributed by atoms with Gasteiger partial charge >= 0.3 is 6.03 Å². The number of hydrogen-bond donors (Lipinski definition) is 1. The fourth-order valence-corrected chi connectivity index (χ4v) is 6.12. The molecule has 1 atom stereocenters. The average molecular weight is 506 g/mol. The molecule has 2 saturated carbocycles. The van der Waals surface area contributed by atoms with Crippen LogP contribution in [0.15, 0.2) is 18.2 Å². The number of amides is 3. The molecule has 0 spiro atoms. The zero-order valence-electron chi connectivity index (χ0n) is 22.5. The number of carbonyl (C=O) groups is 3. The molecule has 1 aromatic heterocycles. The van der Waals surface area contributed by atoms with Crippen LogP contribution in [0.1, 0.15) is 98.6 Å². The first-order valence-electron chi connectivity index (χ1n) is 13.8. The van der Waals surface area contributed by atoms with Gasteiger partial charge < -0.3 is 9.47 Å². The normalized spacial score (nSPS) is 22.4. The van der Waals surface area contributed by atoms with Crippen LogP contribution >= 0.6 is 0 Å². The maximum atomic E-state index is 13.4. The fourth-order valence-electron chi connectivity index (χ4n) is 6.12. The van der Waals surface area contributed by atoms with Crippen LogP contribution in [-0.4, -0.2) is 50.5 Å². The molecule has 2 aromatic rings. The number of nitrogens with zero attached hydrogens (tertiary/aromatic N) is 4. The van der Waals surface area contributed by atoms with Crippen LogP contribution in [0.25, 0.3) is 0 Å². The first-order chi connectivity index (χ1) is 17.7. The van der Waals surface area contributed by atoms with Crippen molar-refractivity contribution in [1.82, 2.24) is 25.0 Å². The number of ketones is 1. The van der Waals surface area contributed by atoms with Crippen LogP contribution in [0.4, 0.5) is 4.79 Å². The van der Waals surface area contributed by atoms with Gasteiger partial charge in [-0.3, -0.25) is 14.9 Å². The third kappa shape index (κ3) is 5.78. The molecular formula is C29H39N5O3. The number of nitrogens with one attached hydrogen (secondary N) is 1. The van der Waals surface area contributed by atoms with Gasteiger partial charge in [-0.1, -0.05) is 37.6 Å². The van der Waals surface area contributed by atoms with E-state index in [1.54, 1.807) is 0 Å². The number of carbonyl (C=O) groups excluding carboxylic acids is 3. The van der Waals surface area contributed by atoms with Crippen molar-refractivity contribution in [2.75, 3.05) is 13.1 Å². The van der Waals surface area contributed by atoms with E-state index in [9.17, 15) is 14.4 Å². The van der Waals surface area contributed by atoms with Crippen molar-refractivity contribution >= 4 is 17.7 Å². The Morgan fingerprint density at radius 3 is 2.51 bits per heavy atom. The van der Waals surface area contributed by atoms with E-state index >= 15 is 0 Å². The van der Waals surface area contributed by atoms with Gasteiger partial charge in [-0.15, -0.1) is 10.2 Å². The topological polar surface area (TPSA) is 97.2 Å². The molecular weight excluding hydrogens is 466 g/mol. The monoisotopic (exact) mass is 505 g/mol. The Morgan fingerprint density at radius 1 is 1.14 bits per heavy atom. The quantitative estimate of drug-likeness (QED) is 0.450. The smallest absolute Gasteiger partial charge is 0.314 e. The van der Waals surface area contributed by atoms with Crippen molar-refractivity contribution in [3.8, 4) is 0 Å². The van der Waals surface area contributed by atoms with Crippen molar-refractivity contribution < 1.29 is 14.4 Å². The Bertz CT molecular complexity index is 1190. The molecule has 2 aliphatic carbocycles. The first kappa shape index (κ1) is 25.6. The standard InChI is InChI=1S/C29H39N5O3/c1-17(2)9-20-11-22(12-20)27-31-32-28(34(27)24-7-8-24)23(15-33-16-26(36)30-29(33)37)14-25(35)13-21-6-5-18(3)10-19(21)4/h5-6,10,17,20,22-24H,7-9,11-16H2,1-4H3,(H,30,36,37)/t20?,22?,23-/m1/s1.